The van der Waals surface area contributed by atoms with E-state index in [9.17, 15) is 0 Å². The molecule has 0 bridgehead atoms. The number of nitriles is 1. The van der Waals surface area contributed by atoms with Gasteiger partial charge in [-0.25, -0.2) is 4.98 Å². The van der Waals surface area contributed by atoms with Crippen molar-refractivity contribution in [2.45, 2.75) is 37.8 Å². The molecule has 1 aliphatic rings. The van der Waals surface area contributed by atoms with Crippen molar-refractivity contribution < 1.29 is 4.74 Å². The van der Waals surface area contributed by atoms with Gasteiger partial charge in [-0.3, -0.25) is 0 Å². The van der Waals surface area contributed by atoms with Gasteiger partial charge in [0, 0.05) is 18.3 Å². The first-order valence-electron chi connectivity index (χ1n) is 5.58. The molecule has 4 heteroatoms. The van der Waals surface area contributed by atoms with Gasteiger partial charge < -0.3 is 10.5 Å². The van der Waals surface area contributed by atoms with Crippen LogP contribution in [-0.4, -0.2) is 17.1 Å². The molecule has 0 amide bonds. The number of ether oxygens (including phenoxy) is 1. The molecule has 1 aromatic rings. The van der Waals surface area contributed by atoms with Gasteiger partial charge in [0.2, 0.25) is 5.88 Å². The van der Waals surface area contributed by atoms with Crippen molar-refractivity contribution in [1.82, 2.24) is 4.98 Å². The minimum atomic E-state index is 0.0641. The van der Waals surface area contributed by atoms with Crippen molar-refractivity contribution in [3.63, 3.8) is 0 Å². The van der Waals surface area contributed by atoms with Gasteiger partial charge in [-0.2, -0.15) is 5.26 Å². The number of rotatable bonds is 2. The predicted octanol–water partition coefficient (Wildman–Crippen LogP) is 1.60. The lowest BCUT2D eigenvalue weighted by atomic mass is 9.93. The monoisotopic (exact) mass is 217 g/mol. The van der Waals surface area contributed by atoms with Crippen LogP contribution in [0.15, 0.2) is 18.3 Å². The van der Waals surface area contributed by atoms with Crippen molar-refractivity contribution in [2.75, 3.05) is 0 Å². The molecule has 2 N–H and O–H groups in total. The smallest absolute Gasteiger partial charge is 0.213 e. The maximum atomic E-state index is 8.64. The average Bonchev–Trinajstić information content (AvgIpc) is 2.33. The van der Waals surface area contributed by atoms with Crippen molar-refractivity contribution >= 4 is 0 Å². The van der Waals surface area contributed by atoms with Crippen molar-refractivity contribution in [3.05, 3.63) is 23.9 Å². The molecular formula is C12H15N3O. The Kier molecular flexibility index (Phi) is 3.37. The molecule has 1 heterocycles. The van der Waals surface area contributed by atoms with Crippen molar-refractivity contribution in [3.8, 4) is 11.9 Å². The van der Waals surface area contributed by atoms with Gasteiger partial charge in [-0.05, 0) is 25.3 Å². The summed E-state index contributed by atoms with van der Waals surface area (Å²) in [6.07, 6.45) is 5.93. The number of nitrogens with two attached hydrogens (primary N) is 1. The van der Waals surface area contributed by atoms with Gasteiger partial charge in [0.25, 0.3) is 0 Å². The van der Waals surface area contributed by atoms with Crippen molar-refractivity contribution in [1.29, 1.82) is 5.26 Å². The zero-order chi connectivity index (χ0) is 11.4. The molecule has 1 aromatic heterocycles. The highest BCUT2D eigenvalue weighted by molar-refractivity contribution is 5.28. The summed E-state index contributed by atoms with van der Waals surface area (Å²) in [7, 11) is 0. The summed E-state index contributed by atoms with van der Waals surface area (Å²) >= 11 is 0. The molecule has 4 nitrogen and oxygen atoms in total. The summed E-state index contributed by atoms with van der Waals surface area (Å²) in [4.78, 5) is 4.08. The number of aromatic nitrogens is 1. The van der Waals surface area contributed by atoms with Crippen LogP contribution in [0.3, 0.4) is 0 Å². The molecule has 0 spiro atoms. The Hall–Kier alpha value is -1.60. The Bertz CT molecular complexity index is 382. The van der Waals surface area contributed by atoms with Gasteiger partial charge in [0.1, 0.15) is 12.2 Å². The number of nitrogens with zero attached hydrogens (tertiary/aromatic N) is 2. The lowest BCUT2D eigenvalue weighted by molar-refractivity contribution is 0.127. The van der Waals surface area contributed by atoms with Gasteiger partial charge in [-0.1, -0.05) is 6.42 Å². The van der Waals surface area contributed by atoms with Crippen LogP contribution < -0.4 is 10.5 Å². The Morgan fingerprint density at radius 3 is 2.81 bits per heavy atom. The molecule has 1 saturated carbocycles. The van der Waals surface area contributed by atoms with Gasteiger partial charge in [0.05, 0.1) is 5.56 Å². The first kappa shape index (κ1) is 10.9. The van der Waals surface area contributed by atoms with Crippen LogP contribution in [0.2, 0.25) is 0 Å². The van der Waals surface area contributed by atoms with Crippen LogP contribution in [0.25, 0.3) is 0 Å². The highest BCUT2D eigenvalue weighted by Crippen LogP contribution is 2.21. The van der Waals surface area contributed by atoms with E-state index in [0.29, 0.717) is 11.4 Å². The largest absolute Gasteiger partial charge is 0.473 e. The highest BCUT2D eigenvalue weighted by atomic mass is 16.5. The molecular weight excluding hydrogens is 202 g/mol. The zero-order valence-electron chi connectivity index (χ0n) is 9.10. The molecule has 2 unspecified atom stereocenters. The third kappa shape index (κ3) is 2.50. The van der Waals surface area contributed by atoms with Crippen molar-refractivity contribution in [2.24, 2.45) is 5.73 Å². The SMILES string of the molecule is N#Cc1ccc(OC2CCCCC2N)nc1. The highest BCUT2D eigenvalue weighted by Gasteiger charge is 2.23. The third-order valence-corrected chi connectivity index (χ3v) is 2.89. The summed E-state index contributed by atoms with van der Waals surface area (Å²) in [5.41, 5.74) is 6.52. The van der Waals surface area contributed by atoms with Crippen LogP contribution in [0.1, 0.15) is 31.2 Å². The third-order valence-electron chi connectivity index (χ3n) is 2.89. The van der Waals surface area contributed by atoms with E-state index in [2.05, 4.69) is 4.98 Å². The van der Waals surface area contributed by atoms with Crippen LogP contribution in [0.5, 0.6) is 5.88 Å². The second-order valence-corrected chi connectivity index (χ2v) is 4.10. The standard InChI is InChI=1S/C12H15N3O/c13-7-9-5-6-12(15-8-9)16-11-4-2-1-3-10(11)14/h5-6,8,10-11H,1-4,14H2. The normalized spacial score (nSPS) is 24.8. The maximum absolute atomic E-state index is 8.64. The fraction of sp³-hybridized carbons (Fsp3) is 0.500. The van der Waals surface area contributed by atoms with Gasteiger partial charge in [0.15, 0.2) is 0 Å². The molecule has 0 aromatic carbocycles. The number of hydrogen-bond donors (Lipinski definition) is 1. The van der Waals surface area contributed by atoms with E-state index in [-0.39, 0.29) is 12.1 Å². The van der Waals surface area contributed by atoms with E-state index in [1.165, 1.54) is 12.6 Å². The van der Waals surface area contributed by atoms with Crippen LogP contribution in [-0.2, 0) is 0 Å². The van der Waals surface area contributed by atoms with Crippen LogP contribution in [0.4, 0.5) is 0 Å². The molecule has 0 aliphatic heterocycles. The Balaban J connectivity index is 2.00. The van der Waals surface area contributed by atoms with Crippen LogP contribution >= 0.6 is 0 Å². The van der Waals surface area contributed by atoms with E-state index in [4.69, 9.17) is 15.7 Å². The molecule has 84 valence electrons. The molecule has 1 fully saturated rings. The number of hydrogen-bond acceptors (Lipinski definition) is 4. The lowest BCUT2D eigenvalue weighted by Gasteiger charge is -2.28. The fourth-order valence-corrected chi connectivity index (χ4v) is 1.94. The maximum Gasteiger partial charge on any atom is 0.213 e. The minimum Gasteiger partial charge on any atom is -0.473 e. The summed E-state index contributed by atoms with van der Waals surface area (Å²) in [5.74, 6) is 0.557. The molecule has 16 heavy (non-hydrogen) atoms. The Morgan fingerprint density at radius 2 is 2.19 bits per heavy atom. The summed E-state index contributed by atoms with van der Waals surface area (Å²) in [6.45, 7) is 0. The molecule has 2 rings (SSSR count). The van der Waals surface area contributed by atoms with Gasteiger partial charge in [-0.15, -0.1) is 0 Å². The number of pyridine rings is 1. The van der Waals surface area contributed by atoms with E-state index in [1.54, 1.807) is 12.1 Å². The first-order chi connectivity index (χ1) is 7.79. The van der Waals surface area contributed by atoms with Crippen LogP contribution in [0, 0.1) is 11.3 Å². The fourth-order valence-electron chi connectivity index (χ4n) is 1.94. The molecule has 0 saturated heterocycles. The van der Waals surface area contributed by atoms with E-state index in [0.717, 1.165) is 19.3 Å². The van der Waals surface area contributed by atoms with E-state index >= 15 is 0 Å². The van der Waals surface area contributed by atoms with E-state index < -0.39 is 0 Å². The Morgan fingerprint density at radius 1 is 1.38 bits per heavy atom. The zero-order valence-corrected chi connectivity index (χ0v) is 9.10. The van der Waals surface area contributed by atoms with E-state index in [1.807, 2.05) is 6.07 Å². The average molecular weight is 217 g/mol. The first-order valence-corrected chi connectivity index (χ1v) is 5.58. The lowest BCUT2D eigenvalue weighted by Crippen LogP contribution is -2.41. The molecule has 1 aliphatic carbocycles. The summed E-state index contributed by atoms with van der Waals surface area (Å²) < 4.78 is 5.72. The second kappa shape index (κ2) is 4.95. The Labute approximate surface area is 95.0 Å². The second-order valence-electron chi connectivity index (χ2n) is 4.10. The van der Waals surface area contributed by atoms with Gasteiger partial charge >= 0.3 is 0 Å². The quantitative estimate of drug-likeness (QED) is 0.816. The minimum absolute atomic E-state index is 0.0641. The molecule has 0 radical (unpaired) electrons. The summed E-state index contributed by atoms with van der Waals surface area (Å²) in [6, 6.07) is 5.55. The predicted molar refractivity (Wildman–Crippen MR) is 59.8 cm³/mol. The molecule has 2 atom stereocenters. The topological polar surface area (TPSA) is 71.9 Å². The summed E-state index contributed by atoms with van der Waals surface area (Å²) in [5, 5.41) is 8.64.